The average Bonchev–Trinajstić information content (AvgIpc) is 1.77. The predicted octanol–water partition coefficient (Wildman–Crippen LogP) is 1.07. The highest BCUT2D eigenvalue weighted by molar-refractivity contribution is 8.00. The molecule has 0 saturated carbocycles. The summed E-state index contributed by atoms with van der Waals surface area (Å²) < 4.78 is 24.1. The first-order valence-electron chi connectivity index (χ1n) is 2.66. The lowest BCUT2D eigenvalue weighted by molar-refractivity contribution is 0.0745. The molecule has 0 N–H and O–H groups in total. The molecule has 0 unspecified atom stereocenters. The van der Waals surface area contributed by atoms with E-state index in [1.807, 2.05) is 0 Å². The molecular weight excluding hydrogens is 160 g/mol. The molecule has 56 valence electrons. The highest BCUT2D eigenvalue weighted by atomic mass is 32.2. The van der Waals surface area contributed by atoms with E-state index < -0.39 is 12.0 Å². The van der Waals surface area contributed by atoms with Gasteiger partial charge in [0, 0.05) is 11.5 Å². The molecule has 1 rings (SSSR count). The third-order valence-electron chi connectivity index (χ3n) is 1.38. The molecule has 1 aliphatic rings. The fraction of sp³-hybridized carbons (Fsp3) is 0.800. The first-order valence-corrected chi connectivity index (χ1v) is 3.82. The summed E-state index contributed by atoms with van der Waals surface area (Å²) in [7, 11) is 0. The Bertz CT molecular complexity index is 174. The van der Waals surface area contributed by atoms with E-state index in [0.717, 1.165) is 0 Å². The standard InChI is InChI=1S/C5H5F2NOS/c6-4(7)5(8-3-9)1-10-2-5/h4H,1-2H2. The van der Waals surface area contributed by atoms with Crippen molar-refractivity contribution < 1.29 is 13.6 Å². The van der Waals surface area contributed by atoms with Crippen LogP contribution in [0, 0.1) is 0 Å². The number of hydrogen-bond donors (Lipinski definition) is 0. The van der Waals surface area contributed by atoms with Crippen LogP contribution in [0.15, 0.2) is 4.99 Å². The molecule has 0 radical (unpaired) electrons. The molecule has 0 aromatic heterocycles. The highest BCUT2D eigenvalue weighted by Crippen LogP contribution is 2.37. The second-order valence-corrected chi connectivity index (χ2v) is 3.09. The summed E-state index contributed by atoms with van der Waals surface area (Å²) in [5, 5.41) is 0. The van der Waals surface area contributed by atoms with Crippen molar-refractivity contribution >= 4 is 17.8 Å². The molecule has 5 heteroatoms. The van der Waals surface area contributed by atoms with Crippen LogP contribution in [-0.4, -0.2) is 29.6 Å². The zero-order chi connectivity index (χ0) is 7.61. The number of carbonyl (C=O) groups excluding carboxylic acids is 1. The fourth-order valence-electron chi connectivity index (χ4n) is 0.641. The molecule has 1 saturated heterocycles. The summed E-state index contributed by atoms with van der Waals surface area (Å²) >= 11 is 1.36. The van der Waals surface area contributed by atoms with Gasteiger partial charge in [-0.05, 0) is 0 Å². The predicted molar refractivity (Wildman–Crippen MR) is 34.2 cm³/mol. The molecule has 1 aliphatic heterocycles. The van der Waals surface area contributed by atoms with Crippen molar-refractivity contribution in [1.82, 2.24) is 0 Å². The van der Waals surface area contributed by atoms with Crippen LogP contribution in [-0.2, 0) is 4.79 Å². The fourth-order valence-corrected chi connectivity index (χ4v) is 1.64. The van der Waals surface area contributed by atoms with Crippen molar-refractivity contribution in [2.75, 3.05) is 11.5 Å². The van der Waals surface area contributed by atoms with E-state index in [9.17, 15) is 13.6 Å². The number of hydrogen-bond acceptors (Lipinski definition) is 3. The Kier molecular flexibility index (Phi) is 2.06. The van der Waals surface area contributed by atoms with Gasteiger partial charge in [0.2, 0.25) is 6.08 Å². The Morgan fingerprint density at radius 1 is 1.60 bits per heavy atom. The summed E-state index contributed by atoms with van der Waals surface area (Å²) in [4.78, 5) is 12.8. The number of thioether (sulfide) groups is 1. The Balaban J connectivity index is 2.68. The van der Waals surface area contributed by atoms with Crippen molar-refractivity contribution in [2.24, 2.45) is 4.99 Å². The van der Waals surface area contributed by atoms with Crippen molar-refractivity contribution in [3.8, 4) is 0 Å². The number of isocyanates is 1. The maximum Gasteiger partial charge on any atom is 0.265 e. The minimum atomic E-state index is -2.53. The van der Waals surface area contributed by atoms with E-state index in [1.54, 1.807) is 0 Å². The lowest BCUT2D eigenvalue weighted by Gasteiger charge is -2.34. The molecular formula is C5H5F2NOS. The molecule has 0 aromatic carbocycles. The Labute approximate surface area is 60.7 Å². The third-order valence-corrected chi connectivity index (χ3v) is 2.79. The van der Waals surface area contributed by atoms with E-state index in [4.69, 9.17) is 0 Å². The smallest absolute Gasteiger partial charge is 0.211 e. The second kappa shape index (κ2) is 2.68. The minimum absolute atomic E-state index is 0.236. The van der Waals surface area contributed by atoms with E-state index >= 15 is 0 Å². The monoisotopic (exact) mass is 165 g/mol. The molecule has 0 amide bonds. The summed E-state index contributed by atoms with van der Waals surface area (Å²) in [6, 6.07) is 0. The van der Waals surface area contributed by atoms with Crippen LogP contribution in [0.25, 0.3) is 0 Å². The molecule has 10 heavy (non-hydrogen) atoms. The maximum absolute atomic E-state index is 12.0. The Hall–Kier alpha value is -0.410. The van der Waals surface area contributed by atoms with E-state index in [-0.39, 0.29) is 11.5 Å². The molecule has 0 bridgehead atoms. The van der Waals surface area contributed by atoms with Crippen molar-refractivity contribution in [2.45, 2.75) is 12.0 Å². The molecule has 0 aliphatic carbocycles. The zero-order valence-electron chi connectivity index (χ0n) is 5.01. The van der Waals surface area contributed by atoms with Crippen LogP contribution in [0.4, 0.5) is 8.78 Å². The maximum atomic E-state index is 12.0. The Morgan fingerprint density at radius 3 is 2.30 bits per heavy atom. The van der Waals surface area contributed by atoms with Gasteiger partial charge in [0.05, 0.1) is 0 Å². The van der Waals surface area contributed by atoms with Gasteiger partial charge in [0.15, 0.2) is 5.54 Å². The minimum Gasteiger partial charge on any atom is -0.211 e. The van der Waals surface area contributed by atoms with Gasteiger partial charge >= 0.3 is 0 Å². The molecule has 0 spiro atoms. The second-order valence-electron chi connectivity index (χ2n) is 2.10. The van der Waals surface area contributed by atoms with Crippen molar-refractivity contribution in [1.29, 1.82) is 0 Å². The Morgan fingerprint density at radius 2 is 2.20 bits per heavy atom. The van der Waals surface area contributed by atoms with Gasteiger partial charge in [0.25, 0.3) is 6.43 Å². The van der Waals surface area contributed by atoms with Crippen LogP contribution in [0.5, 0.6) is 0 Å². The van der Waals surface area contributed by atoms with Gasteiger partial charge in [-0.1, -0.05) is 0 Å². The largest absolute Gasteiger partial charge is 0.265 e. The number of aliphatic imine (C=N–C) groups is 1. The van der Waals surface area contributed by atoms with Crippen LogP contribution in [0.1, 0.15) is 0 Å². The molecule has 0 aromatic rings. The molecule has 1 fully saturated rings. The van der Waals surface area contributed by atoms with Crippen molar-refractivity contribution in [3.63, 3.8) is 0 Å². The van der Waals surface area contributed by atoms with Gasteiger partial charge in [-0.25, -0.2) is 13.6 Å². The highest BCUT2D eigenvalue weighted by Gasteiger charge is 2.46. The first-order chi connectivity index (χ1) is 4.71. The lowest BCUT2D eigenvalue weighted by Crippen LogP contribution is -2.48. The van der Waals surface area contributed by atoms with Gasteiger partial charge in [-0.2, -0.15) is 16.8 Å². The summed E-state index contributed by atoms with van der Waals surface area (Å²) in [5.41, 5.74) is -1.40. The van der Waals surface area contributed by atoms with E-state index in [2.05, 4.69) is 4.99 Å². The molecule has 0 atom stereocenters. The third kappa shape index (κ3) is 1.07. The topological polar surface area (TPSA) is 29.4 Å². The number of rotatable bonds is 2. The lowest BCUT2D eigenvalue weighted by atomic mass is 10.1. The molecule has 2 nitrogen and oxygen atoms in total. The SMILES string of the molecule is O=C=NC1(C(F)F)CSC1. The van der Waals surface area contributed by atoms with E-state index in [0.29, 0.717) is 0 Å². The summed E-state index contributed by atoms with van der Waals surface area (Å²) in [6.07, 6.45) is -1.36. The van der Waals surface area contributed by atoms with E-state index in [1.165, 1.54) is 17.8 Å². The molecule has 1 heterocycles. The normalized spacial score (nSPS) is 21.5. The van der Waals surface area contributed by atoms with Gasteiger partial charge in [-0.15, -0.1) is 0 Å². The van der Waals surface area contributed by atoms with Crippen LogP contribution >= 0.6 is 11.8 Å². The van der Waals surface area contributed by atoms with Gasteiger partial charge in [0.1, 0.15) is 0 Å². The van der Waals surface area contributed by atoms with Crippen molar-refractivity contribution in [3.05, 3.63) is 0 Å². The first kappa shape index (κ1) is 7.69. The number of halogens is 2. The van der Waals surface area contributed by atoms with Crippen LogP contribution in [0.3, 0.4) is 0 Å². The van der Waals surface area contributed by atoms with Gasteiger partial charge in [-0.3, -0.25) is 0 Å². The summed E-state index contributed by atoms with van der Waals surface area (Å²) in [6.45, 7) is 0. The van der Waals surface area contributed by atoms with Crippen LogP contribution < -0.4 is 0 Å². The van der Waals surface area contributed by atoms with Gasteiger partial charge < -0.3 is 0 Å². The summed E-state index contributed by atoms with van der Waals surface area (Å²) in [5.74, 6) is 0.472. The quantitative estimate of drug-likeness (QED) is 0.452. The number of nitrogens with zero attached hydrogens (tertiary/aromatic N) is 1. The van der Waals surface area contributed by atoms with Crippen LogP contribution in [0.2, 0.25) is 0 Å². The zero-order valence-corrected chi connectivity index (χ0v) is 5.83. The number of alkyl halides is 2. The average molecular weight is 165 g/mol.